The summed E-state index contributed by atoms with van der Waals surface area (Å²) in [5, 5.41) is 5.01. The van der Waals surface area contributed by atoms with Crippen molar-refractivity contribution in [3.8, 4) is 5.75 Å². The summed E-state index contributed by atoms with van der Waals surface area (Å²) in [6, 6.07) is 5.50. The Labute approximate surface area is 183 Å². The molecular weight excluding hydrogens is 395 g/mol. The second-order valence-corrected chi connectivity index (χ2v) is 9.48. The minimum atomic E-state index is -0.222. The van der Waals surface area contributed by atoms with E-state index in [1.807, 2.05) is 30.3 Å². The van der Waals surface area contributed by atoms with E-state index in [0.717, 1.165) is 50.0 Å². The van der Waals surface area contributed by atoms with Crippen LogP contribution in [-0.4, -0.2) is 59.3 Å². The van der Waals surface area contributed by atoms with Gasteiger partial charge in [0.15, 0.2) is 0 Å². The van der Waals surface area contributed by atoms with E-state index in [4.69, 9.17) is 9.84 Å². The molecular formula is C24H31FN4O2. The smallest absolute Gasteiger partial charge is 0.257 e. The molecule has 1 amide bonds. The van der Waals surface area contributed by atoms with Gasteiger partial charge in [0.2, 0.25) is 0 Å². The lowest BCUT2D eigenvalue weighted by Crippen LogP contribution is -2.53. The van der Waals surface area contributed by atoms with Crippen LogP contribution in [0.1, 0.15) is 66.2 Å². The van der Waals surface area contributed by atoms with Crippen molar-refractivity contribution in [3.05, 3.63) is 47.0 Å². The number of benzene rings is 1. The maximum atomic E-state index is 14.4. The van der Waals surface area contributed by atoms with E-state index >= 15 is 0 Å². The molecule has 7 heteroatoms. The molecule has 2 aromatic rings. The Morgan fingerprint density at radius 1 is 1.23 bits per heavy atom. The van der Waals surface area contributed by atoms with Crippen molar-refractivity contribution < 1.29 is 13.9 Å². The Bertz CT molecular complexity index is 974. The first-order valence-corrected chi connectivity index (χ1v) is 11.4. The number of nitrogens with zero attached hydrogens (tertiary/aromatic N) is 4. The number of likely N-dealkylation sites (tertiary alicyclic amines) is 1. The summed E-state index contributed by atoms with van der Waals surface area (Å²) in [4.78, 5) is 17.0. The third-order valence-electron chi connectivity index (χ3n) is 7.52. The Morgan fingerprint density at radius 2 is 1.97 bits per heavy atom. The molecule has 1 aromatic carbocycles. The number of carbonyl (C=O) groups is 1. The number of ether oxygens (including phenoxy) is 1. The van der Waals surface area contributed by atoms with E-state index < -0.39 is 0 Å². The summed E-state index contributed by atoms with van der Waals surface area (Å²) in [6.45, 7) is 3.03. The Kier molecular flexibility index (Phi) is 5.24. The summed E-state index contributed by atoms with van der Waals surface area (Å²) in [5.74, 6) is 0.409. The maximum Gasteiger partial charge on any atom is 0.257 e. The van der Waals surface area contributed by atoms with Gasteiger partial charge in [-0.3, -0.25) is 14.4 Å². The van der Waals surface area contributed by atoms with Crippen LogP contribution in [0.5, 0.6) is 5.75 Å². The zero-order chi connectivity index (χ0) is 21.6. The number of fused-ring (bicyclic) bond motifs is 2. The van der Waals surface area contributed by atoms with E-state index in [1.54, 1.807) is 7.11 Å². The molecule has 0 unspecified atom stereocenters. The minimum Gasteiger partial charge on any atom is -0.497 e. The lowest BCUT2D eigenvalue weighted by Gasteiger charge is -2.45. The Hall–Kier alpha value is -2.41. The highest BCUT2D eigenvalue weighted by molar-refractivity contribution is 5.96. The van der Waals surface area contributed by atoms with Crippen LogP contribution in [-0.2, 0) is 12.0 Å². The van der Waals surface area contributed by atoms with Crippen LogP contribution in [0, 0.1) is 5.82 Å². The van der Waals surface area contributed by atoms with Gasteiger partial charge in [0.05, 0.1) is 24.4 Å². The molecule has 0 atom stereocenters. The number of likely N-dealkylation sites (N-methyl/N-ethyl adjacent to an activating group) is 1. The van der Waals surface area contributed by atoms with Gasteiger partial charge in [-0.15, -0.1) is 0 Å². The molecule has 1 saturated carbocycles. The van der Waals surface area contributed by atoms with Crippen LogP contribution >= 0.6 is 0 Å². The Morgan fingerprint density at radius 3 is 2.65 bits per heavy atom. The second kappa shape index (κ2) is 7.93. The molecule has 31 heavy (non-hydrogen) atoms. The number of methoxy groups -OCH3 is 1. The highest BCUT2D eigenvalue weighted by Gasteiger charge is 2.46. The van der Waals surface area contributed by atoms with Crippen LogP contribution in [0.3, 0.4) is 0 Å². The molecule has 3 aliphatic rings. The van der Waals surface area contributed by atoms with E-state index in [9.17, 15) is 9.18 Å². The first-order chi connectivity index (χ1) is 15.0. The number of piperidine rings is 1. The molecule has 1 saturated heterocycles. The number of rotatable bonds is 4. The van der Waals surface area contributed by atoms with Gasteiger partial charge in [0.25, 0.3) is 5.91 Å². The number of hydrogen-bond acceptors (Lipinski definition) is 4. The predicted octanol–water partition coefficient (Wildman–Crippen LogP) is 3.77. The largest absolute Gasteiger partial charge is 0.497 e. The third kappa shape index (κ3) is 3.63. The van der Waals surface area contributed by atoms with E-state index in [1.165, 1.54) is 18.9 Å². The van der Waals surface area contributed by atoms with Gasteiger partial charge >= 0.3 is 0 Å². The van der Waals surface area contributed by atoms with Gasteiger partial charge in [0.1, 0.15) is 11.6 Å². The molecule has 1 aliphatic carbocycles. The maximum absolute atomic E-state index is 14.4. The summed E-state index contributed by atoms with van der Waals surface area (Å²) in [7, 11) is 3.45. The van der Waals surface area contributed by atoms with Crippen molar-refractivity contribution in [2.75, 3.05) is 33.8 Å². The van der Waals surface area contributed by atoms with Crippen molar-refractivity contribution in [2.24, 2.45) is 0 Å². The van der Waals surface area contributed by atoms with Crippen LogP contribution in [0.2, 0.25) is 0 Å². The number of hydrogen-bond donors (Lipinski definition) is 0. The molecule has 2 fully saturated rings. The number of carbonyl (C=O) groups excluding carboxylic acids is 1. The molecule has 0 N–H and O–H groups in total. The normalized spacial score (nSPS) is 21.6. The van der Waals surface area contributed by atoms with Gasteiger partial charge in [-0.2, -0.15) is 5.10 Å². The molecule has 0 bridgehead atoms. The molecule has 1 aromatic heterocycles. The van der Waals surface area contributed by atoms with Gasteiger partial charge in [-0.25, -0.2) is 4.39 Å². The van der Waals surface area contributed by atoms with Gasteiger partial charge < -0.3 is 9.64 Å². The summed E-state index contributed by atoms with van der Waals surface area (Å²) >= 11 is 0. The highest BCUT2D eigenvalue weighted by atomic mass is 19.1. The van der Waals surface area contributed by atoms with Crippen molar-refractivity contribution >= 4 is 5.91 Å². The van der Waals surface area contributed by atoms with E-state index in [-0.39, 0.29) is 17.1 Å². The summed E-state index contributed by atoms with van der Waals surface area (Å²) in [5.41, 5.74) is 2.38. The van der Waals surface area contributed by atoms with Crippen LogP contribution in [0.15, 0.2) is 24.4 Å². The second-order valence-electron chi connectivity index (χ2n) is 9.48. The number of amides is 1. The molecule has 6 nitrogen and oxygen atoms in total. The van der Waals surface area contributed by atoms with Crippen LogP contribution < -0.4 is 4.74 Å². The molecule has 0 radical (unpaired) electrons. The zero-order valence-corrected chi connectivity index (χ0v) is 18.4. The van der Waals surface area contributed by atoms with Gasteiger partial charge in [0, 0.05) is 43.4 Å². The van der Waals surface area contributed by atoms with Gasteiger partial charge in [-0.1, -0.05) is 18.9 Å². The van der Waals surface area contributed by atoms with E-state index in [0.29, 0.717) is 30.4 Å². The van der Waals surface area contributed by atoms with Crippen LogP contribution in [0.4, 0.5) is 4.39 Å². The Balaban J connectivity index is 1.35. The first kappa shape index (κ1) is 20.5. The third-order valence-corrected chi connectivity index (χ3v) is 7.52. The first-order valence-electron chi connectivity index (χ1n) is 11.4. The van der Waals surface area contributed by atoms with E-state index in [2.05, 4.69) is 9.58 Å². The quantitative estimate of drug-likeness (QED) is 0.747. The molecule has 5 rings (SSSR count). The SMILES string of the molecule is COc1ccc(CN2CCC3(CC2)CN(C)C(=O)c2cn(C4CCCC4)nc23)c(F)c1. The highest BCUT2D eigenvalue weighted by Crippen LogP contribution is 2.42. The molecule has 3 heterocycles. The predicted molar refractivity (Wildman–Crippen MR) is 116 cm³/mol. The minimum absolute atomic E-state index is 0.0904. The monoisotopic (exact) mass is 426 g/mol. The van der Waals surface area contributed by atoms with Gasteiger partial charge in [-0.05, 0) is 44.8 Å². The molecule has 1 spiro atoms. The number of aromatic nitrogens is 2. The van der Waals surface area contributed by atoms with Crippen molar-refractivity contribution in [2.45, 2.75) is 56.5 Å². The zero-order valence-electron chi connectivity index (χ0n) is 18.4. The average Bonchev–Trinajstić information content (AvgIpc) is 3.45. The topological polar surface area (TPSA) is 50.6 Å². The summed E-state index contributed by atoms with van der Waals surface area (Å²) < 4.78 is 21.6. The fourth-order valence-electron chi connectivity index (χ4n) is 5.66. The number of halogens is 1. The van der Waals surface area contributed by atoms with Crippen LogP contribution in [0.25, 0.3) is 0 Å². The lowest BCUT2D eigenvalue weighted by atomic mass is 9.72. The average molecular weight is 427 g/mol. The lowest BCUT2D eigenvalue weighted by molar-refractivity contribution is 0.0627. The molecule has 2 aliphatic heterocycles. The van der Waals surface area contributed by atoms with Crippen molar-refractivity contribution in [1.29, 1.82) is 0 Å². The standard InChI is InChI=1S/C24H31FN4O2/c1-27-16-24(22-20(23(27)30)15-29(26-22)18-5-3-4-6-18)9-11-28(12-10-24)14-17-7-8-19(31-2)13-21(17)25/h7-8,13,15,18H,3-6,9-12,14,16H2,1-2H3. The fourth-order valence-corrected chi connectivity index (χ4v) is 5.66. The van der Waals surface area contributed by atoms with Crippen molar-refractivity contribution in [3.63, 3.8) is 0 Å². The summed E-state index contributed by atoms with van der Waals surface area (Å²) in [6.07, 6.45) is 8.64. The fraction of sp³-hybridized carbons (Fsp3) is 0.583. The molecule has 166 valence electrons. The van der Waals surface area contributed by atoms with Crippen molar-refractivity contribution in [1.82, 2.24) is 19.6 Å².